The van der Waals surface area contributed by atoms with Gasteiger partial charge in [-0.1, -0.05) is 0 Å². The first-order chi connectivity index (χ1) is 7.58. The number of likely N-dealkylation sites (tertiary alicyclic amines) is 1. The highest BCUT2D eigenvalue weighted by atomic mass is 16.3. The van der Waals surface area contributed by atoms with Crippen molar-refractivity contribution in [3.05, 3.63) is 30.1 Å². The van der Waals surface area contributed by atoms with E-state index in [1.54, 1.807) is 36.4 Å². The molecule has 0 spiro atoms. The van der Waals surface area contributed by atoms with Crippen molar-refractivity contribution in [3.63, 3.8) is 0 Å². The summed E-state index contributed by atoms with van der Waals surface area (Å²) in [5, 5.41) is 9.93. The third kappa shape index (κ3) is 2.39. The lowest BCUT2D eigenvalue weighted by Crippen LogP contribution is -2.48. The van der Waals surface area contributed by atoms with Crippen LogP contribution >= 0.6 is 0 Å². The molecule has 0 aliphatic carbocycles. The predicted molar refractivity (Wildman–Crippen MR) is 60.0 cm³/mol. The number of carbonyl (C=O) groups excluding carboxylic acids is 1. The normalized spacial score (nSPS) is 25.5. The molecular formula is C12H16N2O2. The van der Waals surface area contributed by atoms with Gasteiger partial charge in [0.25, 0.3) is 5.91 Å². The van der Waals surface area contributed by atoms with E-state index in [9.17, 15) is 9.90 Å². The van der Waals surface area contributed by atoms with Gasteiger partial charge in [0, 0.05) is 25.5 Å². The summed E-state index contributed by atoms with van der Waals surface area (Å²) in [5.74, 6) is -0.0481. The molecule has 0 bridgehead atoms. The Labute approximate surface area is 94.9 Å². The van der Waals surface area contributed by atoms with Crippen LogP contribution in [0.15, 0.2) is 24.5 Å². The minimum absolute atomic E-state index is 0.0481. The van der Waals surface area contributed by atoms with Gasteiger partial charge < -0.3 is 10.0 Å². The lowest BCUT2D eigenvalue weighted by Gasteiger charge is -2.36. The third-order valence-electron chi connectivity index (χ3n) is 2.87. The van der Waals surface area contributed by atoms with Crippen LogP contribution in [0.3, 0.4) is 0 Å². The highest BCUT2D eigenvalue weighted by Gasteiger charge is 2.31. The number of nitrogens with zero attached hydrogens (tertiary/aromatic N) is 2. The number of aromatic nitrogens is 1. The van der Waals surface area contributed by atoms with E-state index >= 15 is 0 Å². The van der Waals surface area contributed by atoms with Crippen molar-refractivity contribution in [3.8, 4) is 0 Å². The van der Waals surface area contributed by atoms with Gasteiger partial charge in [0.2, 0.25) is 0 Å². The molecule has 1 aromatic heterocycles. The summed E-state index contributed by atoms with van der Waals surface area (Å²) in [7, 11) is 0. The lowest BCUT2D eigenvalue weighted by molar-refractivity contribution is -0.0107. The number of piperidine rings is 1. The summed E-state index contributed by atoms with van der Waals surface area (Å²) < 4.78 is 0. The molecule has 1 amide bonds. The third-order valence-corrected chi connectivity index (χ3v) is 2.87. The topological polar surface area (TPSA) is 53.4 Å². The second-order valence-electron chi connectivity index (χ2n) is 4.57. The summed E-state index contributed by atoms with van der Waals surface area (Å²) in [5.41, 5.74) is -0.170. The van der Waals surface area contributed by atoms with E-state index in [1.807, 2.05) is 0 Å². The van der Waals surface area contributed by atoms with Crippen LogP contribution in [0.2, 0.25) is 0 Å². The van der Waals surface area contributed by atoms with Crippen LogP contribution in [0.1, 0.15) is 30.1 Å². The molecule has 1 unspecified atom stereocenters. The molecule has 0 saturated carbocycles. The van der Waals surface area contributed by atoms with Crippen molar-refractivity contribution in [1.29, 1.82) is 0 Å². The quantitative estimate of drug-likeness (QED) is 0.770. The molecule has 2 rings (SSSR count). The Morgan fingerprint density at radius 1 is 1.62 bits per heavy atom. The number of hydrogen-bond acceptors (Lipinski definition) is 3. The molecule has 2 heterocycles. The van der Waals surface area contributed by atoms with E-state index in [0.29, 0.717) is 18.7 Å². The highest BCUT2D eigenvalue weighted by Crippen LogP contribution is 2.21. The second kappa shape index (κ2) is 4.22. The highest BCUT2D eigenvalue weighted by molar-refractivity contribution is 5.94. The second-order valence-corrected chi connectivity index (χ2v) is 4.57. The van der Waals surface area contributed by atoms with Crippen molar-refractivity contribution in [1.82, 2.24) is 9.88 Å². The first-order valence-electron chi connectivity index (χ1n) is 5.50. The standard InChI is InChI=1S/C12H16N2O2/c1-12(16)5-3-7-14(9-12)11(15)10-4-2-6-13-8-10/h2,4,6,8,16H,3,5,7,9H2,1H3. The van der Waals surface area contributed by atoms with Gasteiger partial charge in [0.15, 0.2) is 0 Å². The van der Waals surface area contributed by atoms with Crippen molar-refractivity contribution in [2.75, 3.05) is 13.1 Å². The average Bonchev–Trinajstić information content (AvgIpc) is 2.28. The maximum atomic E-state index is 12.1. The summed E-state index contributed by atoms with van der Waals surface area (Å²) in [6, 6.07) is 3.49. The molecule has 1 saturated heterocycles. The number of aliphatic hydroxyl groups is 1. The van der Waals surface area contributed by atoms with Crippen molar-refractivity contribution in [2.24, 2.45) is 0 Å². The van der Waals surface area contributed by atoms with Gasteiger partial charge in [-0.05, 0) is 31.9 Å². The largest absolute Gasteiger partial charge is 0.388 e. The van der Waals surface area contributed by atoms with Crippen LogP contribution in [0.25, 0.3) is 0 Å². The number of carbonyl (C=O) groups is 1. The zero-order valence-electron chi connectivity index (χ0n) is 9.39. The van der Waals surface area contributed by atoms with Gasteiger partial charge >= 0.3 is 0 Å². The van der Waals surface area contributed by atoms with Crippen molar-refractivity contribution < 1.29 is 9.90 Å². The zero-order chi connectivity index (χ0) is 11.6. The molecule has 1 aliphatic heterocycles. The predicted octanol–water partition coefficient (Wildman–Crippen LogP) is 1.07. The fourth-order valence-electron chi connectivity index (χ4n) is 2.07. The number of hydrogen-bond donors (Lipinski definition) is 1. The van der Waals surface area contributed by atoms with Gasteiger partial charge in [-0.2, -0.15) is 0 Å². The summed E-state index contributed by atoms with van der Waals surface area (Å²) in [6.07, 6.45) is 4.80. The Hall–Kier alpha value is -1.42. The smallest absolute Gasteiger partial charge is 0.255 e. The number of pyridine rings is 1. The SMILES string of the molecule is CC1(O)CCCN(C(=O)c2cccnc2)C1. The molecule has 1 N–H and O–H groups in total. The molecule has 4 nitrogen and oxygen atoms in total. The van der Waals surface area contributed by atoms with Crippen LogP contribution < -0.4 is 0 Å². The lowest BCUT2D eigenvalue weighted by atomic mass is 9.95. The summed E-state index contributed by atoms with van der Waals surface area (Å²) >= 11 is 0. The molecule has 16 heavy (non-hydrogen) atoms. The zero-order valence-corrected chi connectivity index (χ0v) is 9.39. The first-order valence-corrected chi connectivity index (χ1v) is 5.50. The number of β-amino-alcohol motifs (C(OH)–C–C–N with tert-alkyl or cyclic N) is 1. The van der Waals surface area contributed by atoms with E-state index in [1.165, 1.54) is 0 Å². The molecule has 86 valence electrons. The average molecular weight is 220 g/mol. The van der Waals surface area contributed by atoms with Crippen LogP contribution in [0, 0.1) is 0 Å². The maximum Gasteiger partial charge on any atom is 0.255 e. The molecule has 0 radical (unpaired) electrons. The van der Waals surface area contributed by atoms with Gasteiger partial charge in [0.1, 0.15) is 0 Å². The summed E-state index contributed by atoms with van der Waals surface area (Å²) in [4.78, 5) is 17.7. The molecule has 1 atom stereocenters. The summed E-state index contributed by atoms with van der Waals surface area (Å²) in [6.45, 7) is 2.89. The fraction of sp³-hybridized carbons (Fsp3) is 0.500. The van der Waals surface area contributed by atoms with E-state index in [-0.39, 0.29) is 5.91 Å². The Morgan fingerprint density at radius 2 is 2.44 bits per heavy atom. The van der Waals surface area contributed by atoms with E-state index in [2.05, 4.69) is 4.98 Å². The Kier molecular flexibility index (Phi) is 2.92. The molecule has 1 aliphatic rings. The Morgan fingerprint density at radius 3 is 3.06 bits per heavy atom. The molecule has 4 heteroatoms. The van der Waals surface area contributed by atoms with Gasteiger partial charge in [0.05, 0.1) is 11.2 Å². The number of amides is 1. The Bertz CT molecular complexity index is 376. The van der Waals surface area contributed by atoms with Crippen LogP contribution in [0.4, 0.5) is 0 Å². The van der Waals surface area contributed by atoms with E-state index in [0.717, 1.165) is 12.8 Å². The number of rotatable bonds is 1. The molecule has 0 aromatic carbocycles. The molecule has 1 aromatic rings. The minimum Gasteiger partial charge on any atom is -0.388 e. The van der Waals surface area contributed by atoms with E-state index in [4.69, 9.17) is 0 Å². The Balaban J connectivity index is 2.11. The van der Waals surface area contributed by atoms with Gasteiger partial charge in [-0.25, -0.2) is 0 Å². The maximum absolute atomic E-state index is 12.1. The first kappa shape index (κ1) is 11.1. The van der Waals surface area contributed by atoms with Crippen molar-refractivity contribution in [2.45, 2.75) is 25.4 Å². The fourth-order valence-corrected chi connectivity index (χ4v) is 2.07. The molecular weight excluding hydrogens is 204 g/mol. The van der Waals surface area contributed by atoms with E-state index < -0.39 is 5.60 Å². The minimum atomic E-state index is -0.754. The molecule has 1 fully saturated rings. The van der Waals surface area contributed by atoms with Crippen LogP contribution in [0.5, 0.6) is 0 Å². The van der Waals surface area contributed by atoms with Crippen LogP contribution in [-0.4, -0.2) is 39.6 Å². The van der Waals surface area contributed by atoms with Gasteiger partial charge in [-0.3, -0.25) is 9.78 Å². The van der Waals surface area contributed by atoms with Crippen LogP contribution in [-0.2, 0) is 0 Å². The monoisotopic (exact) mass is 220 g/mol. The van der Waals surface area contributed by atoms with Gasteiger partial charge in [-0.15, -0.1) is 0 Å². The van der Waals surface area contributed by atoms with Crippen molar-refractivity contribution >= 4 is 5.91 Å².